The largest absolute Gasteiger partial charge is 0.438 e. The molecule has 1 aliphatic rings. The van der Waals surface area contributed by atoms with Crippen molar-refractivity contribution in [2.45, 2.75) is 26.0 Å². The van der Waals surface area contributed by atoms with Crippen molar-refractivity contribution in [1.82, 2.24) is 23.9 Å². The number of halogens is 1. The summed E-state index contributed by atoms with van der Waals surface area (Å²) in [5.74, 6) is 0.518. The molecule has 0 saturated carbocycles. The van der Waals surface area contributed by atoms with Gasteiger partial charge in [0.1, 0.15) is 5.60 Å². The standard InChI is InChI=1S/C24H19ClN6O2/c1-24(2)16-8-7-14(15-11-12-29(21(15)16)23(32)33-24)13-30-17-5-3-4-6-18(17)31(22(30)26)20-10-9-19(25)27-28-20/h3-12,26H,13H2,1-2H3. The summed E-state index contributed by atoms with van der Waals surface area (Å²) in [4.78, 5) is 12.5. The summed E-state index contributed by atoms with van der Waals surface area (Å²) in [6, 6.07) is 17.2. The van der Waals surface area contributed by atoms with Crippen LogP contribution in [0.25, 0.3) is 27.8 Å². The number of carbonyl (C=O) groups excluding carboxylic acids is 1. The van der Waals surface area contributed by atoms with E-state index in [1.54, 1.807) is 27.5 Å². The number of para-hydroxylation sites is 2. The first-order valence-corrected chi connectivity index (χ1v) is 10.8. The fourth-order valence-corrected chi connectivity index (χ4v) is 4.74. The van der Waals surface area contributed by atoms with Crippen LogP contribution in [0.3, 0.4) is 0 Å². The molecule has 0 aliphatic carbocycles. The van der Waals surface area contributed by atoms with E-state index >= 15 is 0 Å². The minimum absolute atomic E-state index is 0.260. The van der Waals surface area contributed by atoms with E-state index in [9.17, 15) is 4.79 Å². The number of hydrogen-bond acceptors (Lipinski definition) is 5. The molecular weight excluding hydrogens is 440 g/mol. The van der Waals surface area contributed by atoms with Crippen molar-refractivity contribution in [2.75, 3.05) is 0 Å². The molecular formula is C24H19ClN6O2. The van der Waals surface area contributed by atoms with E-state index in [4.69, 9.17) is 21.7 Å². The molecule has 0 bridgehead atoms. The summed E-state index contributed by atoms with van der Waals surface area (Å²) >= 11 is 5.92. The second-order valence-corrected chi connectivity index (χ2v) is 8.93. The Morgan fingerprint density at radius 1 is 1.03 bits per heavy atom. The molecule has 5 aromatic rings. The molecule has 9 heteroatoms. The highest BCUT2D eigenvalue weighted by Crippen LogP contribution is 2.38. The molecule has 1 N–H and O–H groups in total. The average molecular weight is 459 g/mol. The Bertz CT molecular complexity index is 1640. The lowest BCUT2D eigenvalue weighted by Gasteiger charge is -2.31. The van der Waals surface area contributed by atoms with Gasteiger partial charge in [0.05, 0.1) is 23.1 Å². The van der Waals surface area contributed by atoms with Crippen LogP contribution in [-0.4, -0.2) is 30.0 Å². The maximum Gasteiger partial charge on any atom is 0.419 e. The second kappa shape index (κ2) is 6.79. The average Bonchev–Trinajstić information content (AvgIpc) is 3.34. The van der Waals surface area contributed by atoms with E-state index in [0.717, 1.165) is 33.1 Å². The Hall–Kier alpha value is -3.91. The molecule has 1 aliphatic heterocycles. The zero-order chi connectivity index (χ0) is 22.9. The SMILES string of the molecule is CC1(C)OC(=O)n2ccc3c(Cn4c(=N)n(-c5ccc(Cl)nn5)c5ccccc54)ccc1c32. The molecule has 0 atom stereocenters. The van der Waals surface area contributed by atoms with E-state index in [1.165, 1.54) is 0 Å². The first-order chi connectivity index (χ1) is 15.8. The van der Waals surface area contributed by atoms with Gasteiger partial charge in [-0.25, -0.2) is 4.79 Å². The predicted octanol–water partition coefficient (Wildman–Crippen LogP) is 4.59. The van der Waals surface area contributed by atoms with Gasteiger partial charge in [-0.1, -0.05) is 35.9 Å². The molecule has 0 saturated heterocycles. The molecule has 6 rings (SSSR count). The van der Waals surface area contributed by atoms with E-state index in [1.807, 2.05) is 60.9 Å². The first kappa shape index (κ1) is 19.8. The maximum atomic E-state index is 12.5. The van der Waals surface area contributed by atoms with Gasteiger partial charge >= 0.3 is 6.09 Å². The number of hydrogen-bond donors (Lipinski definition) is 1. The molecule has 0 fully saturated rings. The summed E-state index contributed by atoms with van der Waals surface area (Å²) in [7, 11) is 0. The van der Waals surface area contributed by atoms with Gasteiger partial charge in [0.25, 0.3) is 0 Å². The molecule has 0 spiro atoms. The van der Waals surface area contributed by atoms with Gasteiger partial charge in [0.2, 0.25) is 5.62 Å². The van der Waals surface area contributed by atoms with Gasteiger partial charge in [0, 0.05) is 17.1 Å². The summed E-state index contributed by atoms with van der Waals surface area (Å²) in [5.41, 5.74) is 4.10. The quantitative estimate of drug-likeness (QED) is 0.428. The van der Waals surface area contributed by atoms with Gasteiger partial charge in [-0.15, -0.1) is 10.2 Å². The van der Waals surface area contributed by atoms with Crippen LogP contribution < -0.4 is 5.62 Å². The Kier molecular flexibility index (Phi) is 4.07. The van der Waals surface area contributed by atoms with Crippen LogP contribution in [0.4, 0.5) is 4.79 Å². The van der Waals surface area contributed by atoms with E-state index in [-0.39, 0.29) is 11.7 Å². The molecule has 33 heavy (non-hydrogen) atoms. The van der Waals surface area contributed by atoms with E-state index in [2.05, 4.69) is 10.2 Å². The zero-order valence-corrected chi connectivity index (χ0v) is 18.7. The zero-order valence-electron chi connectivity index (χ0n) is 17.9. The lowest BCUT2D eigenvalue weighted by atomic mass is 9.93. The van der Waals surface area contributed by atoms with Gasteiger partial charge in [0.15, 0.2) is 11.0 Å². The van der Waals surface area contributed by atoms with Gasteiger partial charge in [-0.3, -0.25) is 14.5 Å². The topological polar surface area (TPSA) is 90.7 Å². The summed E-state index contributed by atoms with van der Waals surface area (Å²) in [6.07, 6.45) is 1.36. The van der Waals surface area contributed by atoms with Crippen LogP contribution in [0.2, 0.25) is 5.15 Å². The summed E-state index contributed by atoms with van der Waals surface area (Å²) < 4.78 is 10.8. The number of aromatic nitrogens is 5. The van der Waals surface area contributed by atoms with Crippen LogP contribution in [-0.2, 0) is 16.9 Å². The highest BCUT2D eigenvalue weighted by molar-refractivity contribution is 6.29. The van der Waals surface area contributed by atoms with E-state index in [0.29, 0.717) is 17.5 Å². The summed E-state index contributed by atoms with van der Waals surface area (Å²) in [6.45, 7) is 4.24. The monoisotopic (exact) mass is 458 g/mol. The number of carbonyl (C=O) groups is 1. The Morgan fingerprint density at radius 3 is 2.58 bits per heavy atom. The van der Waals surface area contributed by atoms with Crippen LogP contribution in [0.5, 0.6) is 0 Å². The molecule has 4 heterocycles. The third-order valence-corrected chi connectivity index (χ3v) is 6.38. The number of rotatable bonds is 3. The maximum absolute atomic E-state index is 12.5. The van der Waals surface area contributed by atoms with Crippen molar-refractivity contribution in [3.8, 4) is 5.82 Å². The molecule has 0 radical (unpaired) electrons. The van der Waals surface area contributed by atoms with Crippen molar-refractivity contribution >= 4 is 39.6 Å². The Balaban J connectivity index is 1.55. The van der Waals surface area contributed by atoms with Crippen molar-refractivity contribution in [3.63, 3.8) is 0 Å². The van der Waals surface area contributed by atoms with Crippen LogP contribution in [0.15, 0.2) is 60.8 Å². The number of nitrogens with zero attached hydrogens (tertiary/aromatic N) is 5. The Morgan fingerprint density at radius 2 is 1.82 bits per heavy atom. The van der Waals surface area contributed by atoms with Crippen molar-refractivity contribution in [1.29, 1.82) is 5.41 Å². The number of cyclic esters (lactones) is 1. The van der Waals surface area contributed by atoms with Crippen LogP contribution in [0, 0.1) is 5.41 Å². The fraction of sp³-hybridized carbons (Fsp3) is 0.167. The normalized spacial score (nSPS) is 14.7. The first-order valence-electron chi connectivity index (χ1n) is 10.5. The molecule has 164 valence electrons. The molecule has 0 amide bonds. The molecule has 2 aromatic carbocycles. The van der Waals surface area contributed by atoms with Crippen LogP contribution >= 0.6 is 11.6 Å². The Labute approximate surface area is 193 Å². The van der Waals surface area contributed by atoms with Crippen LogP contribution in [0.1, 0.15) is 25.0 Å². The molecule has 0 unspecified atom stereocenters. The molecule has 8 nitrogen and oxygen atoms in total. The minimum atomic E-state index is -0.709. The van der Waals surface area contributed by atoms with Crippen molar-refractivity contribution in [2.24, 2.45) is 0 Å². The highest BCUT2D eigenvalue weighted by atomic mass is 35.5. The van der Waals surface area contributed by atoms with Gasteiger partial charge < -0.3 is 9.30 Å². The molecule has 3 aromatic heterocycles. The van der Waals surface area contributed by atoms with Crippen molar-refractivity contribution < 1.29 is 9.53 Å². The lowest BCUT2D eigenvalue weighted by Crippen LogP contribution is -2.33. The number of fused-ring (bicyclic) bond motifs is 1. The summed E-state index contributed by atoms with van der Waals surface area (Å²) in [5, 5.41) is 18.3. The number of benzene rings is 2. The van der Waals surface area contributed by atoms with Gasteiger partial charge in [-0.05, 0) is 49.7 Å². The number of nitrogens with one attached hydrogen (secondary N) is 1. The third kappa shape index (κ3) is 2.84. The predicted molar refractivity (Wildman–Crippen MR) is 124 cm³/mol. The highest BCUT2D eigenvalue weighted by Gasteiger charge is 2.35. The third-order valence-electron chi connectivity index (χ3n) is 6.18. The van der Waals surface area contributed by atoms with Gasteiger partial charge in [-0.2, -0.15) is 0 Å². The second-order valence-electron chi connectivity index (χ2n) is 8.55. The minimum Gasteiger partial charge on any atom is -0.438 e. The van der Waals surface area contributed by atoms with E-state index < -0.39 is 5.60 Å². The number of ether oxygens (including phenoxy) is 1. The smallest absolute Gasteiger partial charge is 0.419 e. The number of imidazole rings is 1. The fourth-order valence-electron chi connectivity index (χ4n) is 4.64. The lowest BCUT2D eigenvalue weighted by molar-refractivity contribution is 0.0331. The van der Waals surface area contributed by atoms with Crippen molar-refractivity contribution in [3.05, 3.63) is 82.7 Å².